The molecule has 0 spiro atoms. The Morgan fingerprint density at radius 3 is 2.56 bits per heavy atom. The summed E-state index contributed by atoms with van der Waals surface area (Å²) >= 11 is 0. The number of nitrogen functional groups attached to an aromatic ring is 1. The molecule has 0 atom stereocenters. The fourth-order valence-corrected chi connectivity index (χ4v) is 2.58. The molecular weight excluding hydrogens is 314 g/mol. The van der Waals surface area contributed by atoms with Crippen LogP contribution in [0.5, 0.6) is 0 Å². The van der Waals surface area contributed by atoms with Crippen molar-refractivity contribution < 1.29 is 4.79 Å². The zero-order valence-corrected chi connectivity index (χ0v) is 14.0. The molecule has 6 heteroatoms. The summed E-state index contributed by atoms with van der Waals surface area (Å²) in [4.78, 5) is 19.1. The summed E-state index contributed by atoms with van der Waals surface area (Å²) in [7, 11) is 0. The average Bonchev–Trinajstić information content (AvgIpc) is 3.04. The van der Waals surface area contributed by atoms with Gasteiger partial charge < -0.3 is 21.4 Å². The highest BCUT2D eigenvalue weighted by Crippen LogP contribution is 2.21. The largest absolute Gasteiger partial charge is 0.369 e. The number of hydrogen-bond donors (Lipinski definition) is 4. The number of anilines is 3. The standard InChI is InChI=1S/C19H21N5O/c1-2-4-13-7-9-15(10-8-13)22-19(25)23-16-6-3-5-14(11-16)17-12-21-18(20)24-17/h3,5-12H,2,4H2,1H3,(H3,20,21,24)(H2,22,23,25). The zero-order chi connectivity index (χ0) is 17.6. The molecule has 25 heavy (non-hydrogen) atoms. The molecule has 0 fully saturated rings. The predicted molar refractivity (Wildman–Crippen MR) is 102 cm³/mol. The Morgan fingerprint density at radius 2 is 1.88 bits per heavy atom. The number of hydrogen-bond acceptors (Lipinski definition) is 3. The van der Waals surface area contributed by atoms with E-state index >= 15 is 0 Å². The van der Waals surface area contributed by atoms with Crippen LogP contribution in [0, 0.1) is 0 Å². The summed E-state index contributed by atoms with van der Waals surface area (Å²) in [6, 6.07) is 15.1. The van der Waals surface area contributed by atoms with Gasteiger partial charge in [-0.1, -0.05) is 37.6 Å². The van der Waals surface area contributed by atoms with E-state index in [4.69, 9.17) is 5.73 Å². The minimum absolute atomic E-state index is 0.287. The van der Waals surface area contributed by atoms with E-state index in [0.29, 0.717) is 11.6 Å². The molecule has 6 nitrogen and oxygen atoms in total. The van der Waals surface area contributed by atoms with Crippen LogP contribution in [-0.2, 0) is 6.42 Å². The second kappa shape index (κ2) is 7.53. The number of rotatable bonds is 5. The molecule has 2 aromatic carbocycles. The van der Waals surface area contributed by atoms with Gasteiger partial charge in [-0.3, -0.25) is 0 Å². The van der Waals surface area contributed by atoms with Crippen LogP contribution in [0.2, 0.25) is 0 Å². The van der Waals surface area contributed by atoms with Crippen molar-refractivity contribution in [2.45, 2.75) is 19.8 Å². The normalized spacial score (nSPS) is 10.4. The second-order valence-corrected chi connectivity index (χ2v) is 5.79. The van der Waals surface area contributed by atoms with E-state index in [1.807, 2.05) is 48.5 Å². The third-order valence-electron chi connectivity index (χ3n) is 3.78. The van der Waals surface area contributed by atoms with Gasteiger partial charge in [-0.25, -0.2) is 9.78 Å². The van der Waals surface area contributed by atoms with Crippen molar-refractivity contribution in [1.29, 1.82) is 0 Å². The molecule has 3 rings (SSSR count). The Bertz CT molecular complexity index is 854. The quantitative estimate of drug-likeness (QED) is 0.561. The molecule has 1 heterocycles. The number of aromatic amines is 1. The minimum atomic E-state index is -0.287. The first-order valence-corrected chi connectivity index (χ1v) is 8.22. The van der Waals surface area contributed by atoms with Crippen LogP contribution in [0.25, 0.3) is 11.3 Å². The molecule has 0 saturated heterocycles. The Balaban J connectivity index is 1.64. The van der Waals surface area contributed by atoms with Crippen molar-refractivity contribution in [2.75, 3.05) is 16.4 Å². The summed E-state index contributed by atoms with van der Waals surface area (Å²) < 4.78 is 0. The number of carbonyl (C=O) groups is 1. The molecule has 0 aliphatic rings. The van der Waals surface area contributed by atoms with Crippen molar-refractivity contribution >= 4 is 23.4 Å². The smallest absolute Gasteiger partial charge is 0.323 e. The van der Waals surface area contributed by atoms with E-state index in [0.717, 1.165) is 29.8 Å². The fourth-order valence-electron chi connectivity index (χ4n) is 2.58. The lowest BCUT2D eigenvalue weighted by Crippen LogP contribution is -2.19. The molecule has 5 N–H and O–H groups in total. The summed E-state index contributed by atoms with van der Waals surface area (Å²) in [5, 5.41) is 5.66. The third-order valence-corrected chi connectivity index (χ3v) is 3.78. The Hall–Kier alpha value is -3.28. The summed E-state index contributed by atoms with van der Waals surface area (Å²) in [6.45, 7) is 2.14. The molecule has 0 radical (unpaired) electrons. The van der Waals surface area contributed by atoms with Crippen molar-refractivity contribution in [1.82, 2.24) is 9.97 Å². The van der Waals surface area contributed by atoms with Gasteiger partial charge in [-0.15, -0.1) is 0 Å². The van der Waals surface area contributed by atoms with E-state index in [9.17, 15) is 4.79 Å². The van der Waals surface area contributed by atoms with E-state index in [1.54, 1.807) is 6.20 Å². The number of nitrogens with zero attached hydrogens (tertiary/aromatic N) is 1. The topological polar surface area (TPSA) is 95.8 Å². The van der Waals surface area contributed by atoms with Gasteiger partial charge in [0.2, 0.25) is 0 Å². The van der Waals surface area contributed by atoms with Crippen LogP contribution >= 0.6 is 0 Å². The van der Waals surface area contributed by atoms with Crippen LogP contribution in [0.1, 0.15) is 18.9 Å². The lowest BCUT2D eigenvalue weighted by molar-refractivity contribution is 0.262. The molecule has 0 saturated carbocycles. The fraction of sp³-hybridized carbons (Fsp3) is 0.158. The molecule has 0 aliphatic heterocycles. The summed E-state index contributed by atoms with van der Waals surface area (Å²) in [5.74, 6) is 0.359. The lowest BCUT2D eigenvalue weighted by Gasteiger charge is -2.09. The maximum Gasteiger partial charge on any atom is 0.323 e. The number of amides is 2. The van der Waals surface area contributed by atoms with Gasteiger partial charge in [-0.2, -0.15) is 0 Å². The Morgan fingerprint density at radius 1 is 1.12 bits per heavy atom. The van der Waals surface area contributed by atoms with Crippen LogP contribution in [0.15, 0.2) is 54.7 Å². The van der Waals surface area contributed by atoms with Crippen molar-refractivity contribution in [3.8, 4) is 11.3 Å². The maximum absolute atomic E-state index is 12.2. The molecule has 128 valence electrons. The predicted octanol–water partition coefficient (Wildman–Crippen LogP) is 4.26. The van der Waals surface area contributed by atoms with Crippen LogP contribution in [0.3, 0.4) is 0 Å². The van der Waals surface area contributed by atoms with E-state index in [-0.39, 0.29) is 6.03 Å². The molecular formula is C19H21N5O. The molecule has 0 bridgehead atoms. The molecule has 0 unspecified atom stereocenters. The first-order chi connectivity index (χ1) is 12.1. The van der Waals surface area contributed by atoms with E-state index in [2.05, 4.69) is 27.5 Å². The number of nitrogens with two attached hydrogens (primary N) is 1. The van der Waals surface area contributed by atoms with Gasteiger partial charge in [0.1, 0.15) is 0 Å². The van der Waals surface area contributed by atoms with Gasteiger partial charge in [0.25, 0.3) is 0 Å². The van der Waals surface area contributed by atoms with E-state index < -0.39 is 0 Å². The number of carbonyl (C=O) groups excluding carboxylic acids is 1. The highest BCUT2D eigenvalue weighted by atomic mass is 16.2. The van der Waals surface area contributed by atoms with Crippen molar-refractivity contribution in [3.63, 3.8) is 0 Å². The Kier molecular flexibility index (Phi) is 4.99. The minimum Gasteiger partial charge on any atom is -0.369 e. The van der Waals surface area contributed by atoms with Gasteiger partial charge >= 0.3 is 6.03 Å². The molecule has 1 aromatic heterocycles. The maximum atomic E-state index is 12.2. The number of nitrogens with one attached hydrogen (secondary N) is 3. The number of benzene rings is 2. The number of aryl methyl sites for hydroxylation is 1. The molecule has 3 aromatic rings. The second-order valence-electron chi connectivity index (χ2n) is 5.79. The van der Waals surface area contributed by atoms with Gasteiger partial charge in [0, 0.05) is 16.9 Å². The zero-order valence-electron chi connectivity index (χ0n) is 14.0. The number of urea groups is 1. The van der Waals surface area contributed by atoms with Crippen molar-refractivity contribution in [3.05, 3.63) is 60.3 Å². The first kappa shape index (κ1) is 16.6. The summed E-state index contributed by atoms with van der Waals surface area (Å²) in [5.41, 5.74) is 10.0. The monoisotopic (exact) mass is 335 g/mol. The lowest BCUT2D eigenvalue weighted by atomic mass is 10.1. The number of H-pyrrole nitrogens is 1. The first-order valence-electron chi connectivity index (χ1n) is 8.22. The van der Waals surface area contributed by atoms with Crippen LogP contribution in [-0.4, -0.2) is 16.0 Å². The van der Waals surface area contributed by atoms with Gasteiger partial charge in [0.05, 0.1) is 11.9 Å². The highest BCUT2D eigenvalue weighted by molar-refractivity contribution is 6.00. The van der Waals surface area contributed by atoms with Crippen LogP contribution < -0.4 is 16.4 Å². The summed E-state index contributed by atoms with van der Waals surface area (Å²) in [6.07, 6.45) is 3.80. The number of aromatic nitrogens is 2. The molecule has 0 aliphatic carbocycles. The van der Waals surface area contributed by atoms with E-state index in [1.165, 1.54) is 5.56 Å². The SMILES string of the molecule is CCCc1ccc(NC(=O)Nc2cccc(-c3cnc(N)[nH]3)c2)cc1. The average molecular weight is 335 g/mol. The highest BCUT2D eigenvalue weighted by Gasteiger charge is 2.06. The molecule has 2 amide bonds. The Labute approximate surface area is 146 Å². The third kappa shape index (κ3) is 4.38. The number of imidazole rings is 1. The van der Waals surface area contributed by atoms with Crippen molar-refractivity contribution in [2.24, 2.45) is 0 Å². The van der Waals surface area contributed by atoms with Gasteiger partial charge in [-0.05, 0) is 36.2 Å². The van der Waals surface area contributed by atoms with Crippen LogP contribution in [0.4, 0.5) is 22.1 Å². The van der Waals surface area contributed by atoms with Gasteiger partial charge in [0.15, 0.2) is 5.95 Å².